The van der Waals surface area contributed by atoms with Gasteiger partial charge in [-0.3, -0.25) is 0 Å². The van der Waals surface area contributed by atoms with Gasteiger partial charge in [-0.1, -0.05) is 0 Å². The van der Waals surface area contributed by atoms with Crippen molar-refractivity contribution in [1.29, 1.82) is 0 Å². The van der Waals surface area contributed by atoms with Gasteiger partial charge in [-0.2, -0.15) is 0 Å². The third-order valence-corrected chi connectivity index (χ3v) is 3.70. The van der Waals surface area contributed by atoms with E-state index in [1.54, 1.807) is 0 Å². The van der Waals surface area contributed by atoms with Gasteiger partial charge in [0, 0.05) is 51.0 Å². The zero-order valence-corrected chi connectivity index (χ0v) is 14.7. The van der Waals surface area contributed by atoms with Crippen LogP contribution < -0.4 is 42.7 Å². The standard InChI is InChI=1S/C18H24N8/c1-7-19-11-15-3-5-17(25-23-15)13-21-9-2-10-22-14-18-6-4-16(24-26-18)12-20-8-1/h3-6,11-14,19-22H,1-2,7-10H2. The Balaban J connectivity index is 1.66. The molecule has 2 aromatic rings. The minimum Gasteiger partial charge on any atom is -0.389 e. The zero-order valence-electron chi connectivity index (χ0n) is 14.7. The van der Waals surface area contributed by atoms with Gasteiger partial charge in [-0.25, -0.2) is 0 Å². The first kappa shape index (κ1) is 17.7. The molecule has 0 aliphatic carbocycles. The molecule has 0 unspecified atom stereocenters. The van der Waals surface area contributed by atoms with Gasteiger partial charge in [0.15, 0.2) is 0 Å². The van der Waals surface area contributed by atoms with Crippen LogP contribution in [0.5, 0.6) is 0 Å². The fourth-order valence-electron chi connectivity index (χ4n) is 2.31. The number of hydrogen-bond acceptors (Lipinski definition) is 8. The van der Waals surface area contributed by atoms with Crippen LogP contribution in [0.4, 0.5) is 0 Å². The summed E-state index contributed by atoms with van der Waals surface area (Å²) < 4.78 is 0. The van der Waals surface area contributed by atoms with Gasteiger partial charge < -0.3 is 21.3 Å². The number of aromatic nitrogens is 4. The topological polar surface area (TPSA) is 99.7 Å². The molecule has 6 heterocycles. The minimum atomic E-state index is 0.818. The number of nitrogens with one attached hydrogen (secondary N) is 4. The van der Waals surface area contributed by atoms with Crippen LogP contribution in [0.25, 0.3) is 24.8 Å². The Morgan fingerprint density at radius 3 is 0.962 bits per heavy atom. The Labute approximate surface area is 151 Å². The van der Waals surface area contributed by atoms with Crippen molar-refractivity contribution in [2.24, 2.45) is 0 Å². The number of hydrogen-bond donors (Lipinski definition) is 4. The molecule has 0 spiro atoms. The lowest BCUT2D eigenvalue weighted by Crippen LogP contribution is -2.26. The second-order valence-corrected chi connectivity index (χ2v) is 5.87. The van der Waals surface area contributed by atoms with E-state index in [0.29, 0.717) is 0 Å². The third kappa shape index (κ3) is 6.04. The van der Waals surface area contributed by atoms with E-state index in [-0.39, 0.29) is 0 Å². The SMILES string of the molecule is C1=c2ccc(nn2)=CNCCCNC=c2ccc(nn2)=CNCCCN1. The molecule has 0 atom stereocenters. The Morgan fingerprint density at radius 2 is 0.731 bits per heavy atom. The molecule has 0 radical (unpaired) electrons. The summed E-state index contributed by atoms with van der Waals surface area (Å²) in [5, 5.41) is 33.0. The van der Waals surface area contributed by atoms with E-state index < -0.39 is 0 Å². The molecule has 4 aliphatic rings. The zero-order chi connectivity index (χ0) is 17.9. The summed E-state index contributed by atoms with van der Waals surface area (Å²) in [7, 11) is 0. The first-order valence-electron chi connectivity index (χ1n) is 8.84. The van der Waals surface area contributed by atoms with E-state index in [1.165, 1.54) is 0 Å². The van der Waals surface area contributed by atoms with Gasteiger partial charge in [-0.05, 0) is 37.1 Å². The van der Waals surface area contributed by atoms with Crippen LogP contribution in [0.15, 0.2) is 24.3 Å². The highest BCUT2D eigenvalue weighted by Gasteiger charge is 1.89. The largest absolute Gasteiger partial charge is 0.389 e. The van der Waals surface area contributed by atoms with E-state index in [1.807, 2.05) is 49.1 Å². The Morgan fingerprint density at radius 1 is 0.462 bits per heavy atom. The molecule has 2 aromatic heterocycles. The molecule has 4 aliphatic heterocycles. The van der Waals surface area contributed by atoms with Crippen LogP contribution >= 0.6 is 0 Å². The Bertz CT molecular complexity index is 727. The van der Waals surface area contributed by atoms with Gasteiger partial charge in [-0.15, -0.1) is 20.4 Å². The van der Waals surface area contributed by atoms with E-state index in [2.05, 4.69) is 41.7 Å². The van der Waals surface area contributed by atoms with Crippen LogP contribution in [0.2, 0.25) is 0 Å². The lowest BCUT2D eigenvalue weighted by atomic mass is 10.4. The molecule has 4 bridgehead atoms. The molecule has 0 fully saturated rings. The average Bonchev–Trinajstić information content (AvgIpc) is 2.68. The summed E-state index contributed by atoms with van der Waals surface area (Å²) in [5.74, 6) is 0. The van der Waals surface area contributed by atoms with Crippen molar-refractivity contribution >= 4 is 24.8 Å². The molecule has 4 N–H and O–H groups in total. The Hall–Kier alpha value is -3.16. The summed E-state index contributed by atoms with van der Waals surface area (Å²) in [6.45, 7) is 3.40. The smallest absolute Gasteiger partial charge is 0.101 e. The summed E-state index contributed by atoms with van der Waals surface area (Å²) in [6.07, 6.45) is 9.47. The molecule has 8 heteroatoms. The summed E-state index contributed by atoms with van der Waals surface area (Å²) >= 11 is 0. The second kappa shape index (κ2) is 9.97. The second-order valence-electron chi connectivity index (χ2n) is 5.87. The van der Waals surface area contributed by atoms with Gasteiger partial charge in [0.05, 0.1) is 0 Å². The van der Waals surface area contributed by atoms with Crippen molar-refractivity contribution in [2.45, 2.75) is 12.8 Å². The van der Waals surface area contributed by atoms with Crippen LogP contribution in [0.3, 0.4) is 0 Å². The van der Waals surface area contributed by atoms with Crippen LogP contribution in [-0.4, -0.2) is 46.6 Å². The molecule has 6 rings (SSSR count). The maximum absolute atomic E-state index is 4.18. The molecule has 136 valence electrons. The van der Waals surface area contributed by atoms with E-state index in [4.69, 9.17) is 0 Å². The minimum absolute atomic E-state index is 0.818. The first-order valence-corrected chi connectivity index (χ1v) is 8.84. The highest BCUT2D eigenvalue weighted by molar-refractivity contribution is 5.20. The van der Waals surface area contributed by atoms with Crippen molar-refractivity contribution in [3.8, 4) is 0 Å². The lowest BCUT2D eigenvalue weighted by Gasteiger charge is -2.02. The monoisotopic (exact) mass is 352 g/mol. The van der Waals surface area contributed by atoms with Gasteiger partial charge >= 0.3 is 0 Å². The molecular weight excluding hydrogens is 328 g/mol. The maximum atomic E-state index is 4.18. The van der Waals surface area contributed by atoms with Crippen LogP contribution in [0, 0.1) is 0 Å². The van der Waals surface area contributed by atoms with E-state index in [9.17, 15) is 0 Å². The number of nitrogens with zero attached hydrogens (tertiary/aromatic N) is 4. The van der Waals surface area contributed by atoms with Gasteiger partial charge in [0.2, 0.25) is 0 Å². The normalized spacial score (nSPS) is 15.7. The van der Waals surface area contributed by atoms with Crippen molar-refractivity contribution in [3.63, 3.8) is 0 Å². The third-order valence-electron chi connectivity index (χ3n) is 3.70. The molecule has 26 heavy (non-hydrogen) atoms. The Kier molecular flexibility index (Phi) is 6.77. The van der Waals surface area contributed by atoms with Crippen molar-refractivity contribution in [1.82, 2.24) is 41.7 Å². The first-order chi connectivity index (χ1) is 12.9. The maximum Gasteiger partial charge on any atom is 0.101 e. The van der Waals surface area contributed by atoms with Crippen molar-refractivity contribution < 1.29 is 0 Å². The quantitative estimate of drug-likeness (QED) is 0.400. The molecule has 0 aromatic carbocycles. The fourth-order valence-corrected chi connectivity index (χ4v) is 2.31. The molecule has 0 amide bonds. The summed E-state index contributed by atoms with van der Waals surface area (Å²) in [6, 6.07) is 7.79. The van der Waals surface area contributed by atoms with Crippen LogP contribution in [0.1, 0.15) is 12.8 Å². The lowest BCUT2D eigenvalue weighted by molar-refractivity contribution is 0.731. The fraction of sp³-hybridized carbons (Fsp3) is 0.333. The average molecular weight is 352 g/mol. The van der Waals surface area contributed by atoms with E-state index in [0.717, 1.165) is 60.4 Å². The van der Waals surface area contributed by atoms with Gasteiger partial charge in [0.1, 0.15) is 21.4 Å². The molecule has 0 saturated carbocycles. The van der Waals surface area contributed by atoms with Crippen LogP contribution in [-0.2, 0) is 0 Å². The van der Waals surface area contributed by atoms with E-state index >= 15 is 0 Å². The van der Waals surface area contributed by atoms with Crippen molar-refractivity contribution in [2.75, 3.05) is 26.2 Å². The van der Waals surface area contributed by atoms with Crippen molar-refractivity contribution in [3.05, 3.63) is 45.7 Å². The summed E-state index contributed by atoms with van der Waals surface area (Å²) in [4.78, 5) is 0. The highest BCUT2D eigenvalue weighted by Crippen LogP contribution is 1.75. The van der Waals surface area contributed by atoms with Gasteiger partial charge in [0.25, 0.3) is 0 Å². The summed E-state index contributed by atoms with van der Waals surface area (Å²) in [5.41, 5.74) is 0. The highest BCUT2D eigenvalue weighted by atomic mass is 15.1. The number of rotatable bonds is 0. The predicted octanol–water partition coefficient (Wildman–Crippen LogP) is -2.93. The molecule has 8 nitrogen and oxygen atoms in total. The predicted molar refractivity (Wildman–Crippen MR) is 102 cm³/mol. The molecule has 0 saturated heterocycles. The molecular formula is C18H24N8.